The molecule has 0 atom stereocenters. The molecule has 6 saturated heterocycles. The van der Waals surface area contributed by atoms with Crippen molar-refractivity contribution in [2.45, 2.75) is 267 Å². The first-order chi connectivity index (χ1) is 66.2. The maximum Gasteiger partial charge on any atom is 0.149 e. The summed E-state index contributed by atoms with van der Waals surface area (Å²) in [7, 11) is 0. The van der Waals surface area contributed by atoms with E-state index in [4.69, 9.17) is 0 Å². The average molecular weight is 1930 g/mol. The summed E-state index contributed by atoms with van der Waals surface area (Å²) in [6.07, 6.45) is 20.3. The normalized spacial score (nSPS) is 16.9. The molecular weight excluding hydrogens is 1780 g/mol. The van der Waals surface area contributed by atoms with Crippen LogP contribution in [0.3, 0.4) is 0 Å². The highest BCUT2D eigenvalue weighted by Gasteiger charge is 2.40. The molecule has 21 heteroatoms. The topological polar surface area (TPSA) is 35.6 Å². The summed E-state index contributed by atoms with van der Waals surface area (Å²) < 4.78 is 186. The Balaban J connectivity index is 0.000000150. The van der Waals surface area contributed by atoms with Crippen LogP contribution in [0.2, 0.25) is 0 Å². The van der Waals surface area contributed by atoms with Gasteiger partial charge in [-0.15, -0.1) is 0 Å². The molecule has 1 spiro atoms. The predicted octanol–water partition coefficient (Wildman–Crippen LogP) is 32.1. The van der Waals surface area contributed by atoms with Crippen molar-refractivity contribution in [3.05, 3.63) is 307 Å². The van der Waals surface area contributed by atoms with Crippen LogP contribution in [0.5, 0.6) is 0 Å². The highest BCUT2D eigenvalue weighted by Crippen LogP contribution is 2.49. The van der Waals surface area contributed by atoms with E-state index in [-0.39, 0.29) is 80.9 Å². The number of piperazine rings is 1. The SMILES string of the molecule is CC(C)c1cc(F)c(N2CCC(C(C)(C)C)CC2)c(F)c1.CC(C)c1cc(F)c(N2CCC(CCCc3ccccc3)CC2)c(F)c1.CC(C)c1cc(F)c(N2CCC(c3ccccc3)CC2)c(F)c1.CC(C)c1cc(F)c(N2CCC(c3ccccn3)CC2)c(F)c1.CC(C)c1cc(F)c(N2CCC3(CCCC3)CC2)c(F)c1.Cc1cc(C(C)C)cc(F)c1N1CCN(c2c(F)cccc2F)CC1. The van der Waals surface area contributed by atoms with Crippen LogP contribution in [-0.2, 0) is 6.42 Å². The van der Waals surface area contributed by atoms with Crippen LogP contribution in [0, 0.1) is 105 Å². The third kappa shape index (κ3) is 28.4. The molecule has 0 radical (unpaired) electrons. The van der Waals surface area contributed by atoms with Crippen LogP contribution < -0.4 is 34.3 Å². The second kappa shape index (κ2) is 49.5. The minimum atomic E-state index is -0.558. The third-order valence-corrected chi connectivity index (χ3v) is 30.0. The summed E-state index contributed by atoms with van der Waals surface area (Å²) in [6, 6.07) is 49.2. The molecule has 10 aromatic rings. The molecule has 1 saturated carbocycles. The first kappa shape index (κ1) is 108. The lowest BCUT2D eigenvalue weighted by atomic mass is 9.75. The fourth-order valence-electron chi connectivity index (χ4n) is 21.2. The van der Waals surface area contributed by atoms with Crippen LogP contribution in [0.15, 0.2) is 176 Å². The Kier molecular flexibility index (Phi) is 38.3. The van der Waals surface area contributed by atoms with Gasteiger partial charge in [-0.1, -0.05) is 196 Å². The predicted molar refractivity (Wildman–Crippen MR) is 548 cm³/mol. The van der Waals surface area contributed by atoms with Gasteiger partial charge >= 0.3 is 0 Å². The van der Waals surface area contributed by atoms with Gasteiger partial charge in [0.1, 0.15) is 110 Å². The smallest absolute Gasteiger partial charge is 0.149 e. The lowest BCUT2D eigenvalue weighted by molar-refractivity contribution is 0.198. The first-order valence-corrected chi connectivity index (χ1v) is 51.2. The molecule has 1 aromatic heterocycles. The van der Waals surface area contributed by atoms with Gasteiger partial charge in [0.2, 0.25) is 0 Å². The molecule has 7 fully saturated rings. The van der Waals surface area contributed by atoms with Gasteiger partial charge < -0.3 is 34.3 Å². The molecule has 8 nitrogen and oxygen atoms in total. The number of hydrogen-bond donors (Lipinski definition) is 0. The second-order valence-electron chi connectivity index (χ2n) is 42.6. The zero-order chi connectivity index (χ0) is 100. The van der Waals surface area contributed by atoms with Gasteiger partial charge in [0.25, 0.3) is 0 Å². The molecule has 7 heterocycles. The lowest BCUT2D eigenvalue weighted by Crippen LogP contribution is -2.47. The quantitative estimate of drug-likeness (QED) is 0.0741. The van der Waals surface area contributed by atoms with E-state index >= 15 is 0 Å². The van der Waals surface area contributed by atoms with Gasteiger partial charge in [-0.05, 0) is 308 Å². The van der Waals surface area contributed by atoms with Gasteiger partial charge in [0, 0.05) is 109 Å². The van der Waals surface area contributed by atoms with E-state index in [0.29, 0.717) is 98.3 Å². The number of aryl methyl sites for hydroxylation is 2. The maximum atomic E-state index is 14.6. The number of piperidine rings is 5. The van der Waals surface area contributed by atoms with Gasteiger partial charge in [-0.3, -0.25) is 4.98 Å². The van der Waals surface area contributed by atoms with Crippen molar-refractivity contribution >= 4 is 39.8 Å². The number of pyridine rings is 1. The van der Waals surface area contributed by atoms with E-state index in [9.17, 15) is 57.1 Å². The fraction of sp³-hybridized carbons (Fsp3) is 0.500. The average Bonchev–Trinajstić information content (AvgIpc) is 1.77. The Hall–Kier alpha value is -10.2. The van der Waals surface area contributed by atoms with Crippen LogP contribution in [0.25, 0.3) is 0 Å². The van der Waals surface area contributed by atoms with E-state index in [0.717, 1.165) is 143 Å². The van der Waals surface area contributed by atoms with Crippen molar-refractivity contribution in [1.82, 2.24) is 4.98 Å². The number of para-hydroxylation sites is 1. The number of hydrogen-bond acceptors (Lipinski definition) is 8. The molecule has 9 aromatic carbocycles. The largest absolute Gasteiger partial charge is 0.367 e. The zero-order valence-electron chi connectivity index (χ0n) is 84.9. The summed E-state index contributed by atoms with van der Waals surface area (Å²) in [4.78, 5) is 17.4. The Bertz CT molecular complexity index is 5270. The molecule has 7 aliphatic rings. The minimum absolute atomic E-state index is 0.00880. The molecule has 139 heavy (non-hydrogen) atoms. The van der Waals surface area contributed by atoms with Crippen LogP contribution in [0.1, 0.15) is 310 Å². The summed E-state index contributed by atoms with van der Waals surface area (Å²) in [5.41, 5.74) is 11.4. The van der Waals surface area contributed by atoms with Crippen LogP contribution in [0.4, 0.5) is 96.9 Å². The molecule has 0 amide bonds. The summed E-state index contributed by atoms with van der Waals surface area (Å²) in [5, 5.41) is 0. The van der Waals surface area contributed by atoms with E-state index in [2.05, 4.69) is 62.2 Å². The Morgan fingerprint density at radius 2 is 0.597 bits per heavy atom. The number of aromatic nitrogens is 1. The van der Waals surface area contributed by atoms with Crippen LogP contribution in [-0.4, -0.2) is 96.6 Å². The van der Waals surface area contributed by atoms with Gasteiger partial charge in [-0.2, -0.15) is 0 Å². The van der Waals surface area contributed by atoms with Crippen molar-refractivity contribution in [1.29, 1.82) is 0 Å². The van der Waals surface area contributed by atoms with Crippen molar-refractivity contribution in [2.24, 2.45) is 22.7 Å². The second-order valence-corrected chi connectivity index (χ2v) is 42.6. The number of halogens is 13. The van der Waals surface area contributed by atoms with Gasteiger partial charge in [0.05, 0.1) is 5.69 Å². The molecule has 0 bridgehead atoms. The molecule has 6 aliphatic heterocycles. The maximum absolute atomic E-state index is 14.6. The lowest BCUT2D eigenvalue weighted by Gasteiger charge is -2.40. The highest BCUT2D eigenvalue weighted by atomic mass is 19.2. The van der Waals surface area contributed by atoms with Gasteiger partial charge in [0.15, 0.2) is 0 Å². The zero-order valence-corrected chi connectivity index (χ0v) is 84.9. The van der Waals surface area contributed by atoms with Gasteiger partial charge in [-0.25, -0.2) is 57.1 Å². The number of nitrogens with zero attached hydrogens (tertiary/aromatic N) is 8. The molecule has 1 aliphatic carbocycles. The molecule has 17 rings (SSSR count). The molecular formula is C118H149F13N8. The molecule has 752 valence electrons. The van der Waals surface area contributed by atoms with Crippen molar-refractivity contribution in [3.63, 3.8) is 0 Å². The number of rotatable bonds is 19. The molecule has 0 N–H and O–H groups in total. The number of anilines is 7. The van der Waals surface area contributed by atoms with Crippen LogP contribution >= 0.6 is 0 Å². The van der Waals surface area contributed by atoms with E-state index in [1.165, 1.54) is 129 Å². The Morgan fingerprint density at radius 1 is 0.302 bits per heavy atom. The van der Waals surface area contributed by atoms with Crippen molar-refractivity contribution < 1.29 is 57.1 Å². The summed E-state index contributed by atoms with van der Waals surface area (Å²) in [5.74, 6) is -2.58. The summed E-state index contributed by atoms with van der Waals surface area (Å²) in [6.45, 7) is 41.3. The number of benzene rings is 9. The van der Waals surface area contributed by atoms with E-state index in [1.807, 2.05) is 168 Å². The van der Waals surface area contributed by atoms with Crippen molar-refractivity contribution in [3.8, 4) is 0 Å². The Labute approximate surface area is 820 Å². The minimum Gasteiger partial charge on any atom is -0.367 e. The third-order valence-electron chi connectivity index (χ3n) is 30.0. The molecule has 0 unspecified atom stereocenters. The van der Waals surface area contributed by atoms with E-state index < -0.39 is 69.8 Å². The summed E-state index contributed by atoms with van der Waals surface area (Å²) >= 11 is 0. The fourth-order valence-corrected chi connectivity index (χ4v) is 21.2. The standard InChI is InChI=1S/C23H29F2N.C20H23F3N2.C20H23F2N.C19H22F2N2.C18H25F2N.C18H27F2N/c1-17(2)20-15-21(24)23(22(25)16-20)26-13-11-19(12-14-26)10-6-9-18-7-4-3-5-8-18;1-13(2)15-11-14(3)19(18(23)12-15)24-7-9-25(10-8-24)20-16(21)5-4-6-17(20)22;1-14(2)17-12-18(21)20(19(22)13-17)23-10-8-16(9-11-23)15-6-4-3-5-7-15;1-13(2)15-11-16(20)19(17(21)12-15)23-9-6-14(7-10-23)18-5-3-4-8-22-18;1-13(2)14-11-15(19)17(16(20)12-14)21-9-7-18(8-10-21)5-3-4-6-18;1-12(2)13-10-15(19)17(16(20)11-13)21-8-6-14(7-9-21)18(3,4)5/h3-5,7-8,15-17,19H,6,9-14H2,1-2H3;4-6,11-13H,7-10H2,1-3H3;3-7,12-14,16H,8-11H2,1-2H3;3-5,8,11-14H,6-7,9-10H2,1-2H3;11-13H,3-10H2,1-2H3;10-12,14H,6-9H2,1-5H3. The monoisotopic (exact) mass is 1930 g/mol. The van der Waals surface area contributed by atoms with Crippen molar-refractivity contribution in [2.75, 3.05) is 126 Å². The Morgan fingerprint density at radius 3 is 0.935 bits per heavy atom. The highest BCUT2D eigenvalue weighted by molar-refractivity contribution is 5.60. The first-order valence-electron chi connectivity index (χ1n) is 51.2. The van der Waals surface area contributed by atoms with E-state index in [1.54, 1.807) is 17.2 Å².